The summed E-state index contributed by atoms with van der Waals surface area (Å²) in [6, 6.07) is 7.01. The lowest BCUT2D eigenvalue weighted by Crippen LogP contribution is -2.42. The summed E-state index contributed by atoms with van der Waals surface area (Å²) in [5, 5.41) is 3.30. The molecule has 2 nitrogen and oxygen atoms in total. The van der Waals surface area contributed by atoms with Crippen LogP contribution in [0.15, 0.2) is 24.3 Å². The number of benzene rings is 1. The first-order valence-electron chi connectivity index (χ1n) is 5.78. The molecule has 16 heavy (non-hydrogen) atoms. The van der Waals surface area contributed by atoms with E-state index in [0.29, 0.717) is 5.92 Å². The Bertz CT molecular complexity index is 342. The molecule has 1 aromatic rings. The van der Waals surface area contributed by atoms with Crippen molar-refractivity contribution in [3.63, 3.8) is 0 Å². The van der Waals surface area contributed by atoms with Crippen molar-refractivity contribution in [3.8, 4) is 0 Å². The number of piperidine rings is 1. The Morgan fingerprint density at radius 3 is 3.00 bits per heavy atom. The fourth-order valence-electron chi connectivity index (χ4n) is 2.34. The lowest BCUT2D eigenvalue weighted by Gasteiger charge is -2.31. The molecule has 1 saturated heterocycles. The SMILES string of the molecule is CO[C@@H]1CNCC[C@@H]1Cc1ccccc1F. The van der Waals surface area contributed by atoms with Gasteiger partial charge in [0.1, 0.15) is 5.82 Å². The summed E-state index contributed by atoms with van der Waals surface area (Å²) in [6.07, 6.45) is 2.02. The first kappa shape index (κ1) is 11.6. The largest absolute Gasteiger partial charge is 0.380 e. The van der Waals surface area contributed by atoms with Crippen molar-refractivity contribution >= 4 is 0 Å². The smallest absolute Gasteiger partial charge is 0.126 e. The van der Waals surface area contributed by atoms with E-state index < -0.39 is 0 Å². The average Bonchev–Trinajstić information content (AvgIpc) is 2.33. The van der Waals surface area contributed by atoms with Crippen LogP contribution in [0.25, 0.3) is 0 Å². The molecule has 1 aromatic carbocycles. The van der Waals surface area contributed by atoms with Crippen LogP contribution in [0.3, 0.4) is 0 Å². The summed E-state index contributed by atoms with van der Waals surface area (Å²) in [5.41, 5.74) is 0.802. The quantitative estimate of drug-likeness (QED) is 0.846. The standard InChI is InChI=1S/C13H18FNO/c1-16-13-9-15-7-6-11(13)8-10-4-2-3-5-12(10)14/h2-5,11,13,15H,6-9H2,1H3/t11-,13-/m1/s1. The highest BCUT2D eigenvalue weighted by molar-refractivity contribution is 5.18. The maximum atomic E-state index is 13.5. The van der Waals surface area contributed by atoms with Crippen LogP contribution in [0.4, 0.5) is 4.39 Å². The number of methoxy groups -OCH3 is 1. The second-order valence-electron chi connectivity index (χ2n) is 4.32. The second-order valence-corrected chi connectivity index (χ2v) is 4.32. The average molecular weight is 223 g/mol. The third-order valence-corrected chi connectivity index (χ3v) is 3.31. The van der Waals surface area contributed by atoms with E-state index in [1.54, 1.807) is 13.2 Å². The summed E-state index contributed by atoms with van der Waals surface area (Å²) in [7, 11) is 1.73. The van der Waals surface area contributed by atoms with Crippen molar-refractivity contribution < 1.29 is 9.13 Å². The summed E-state index contributed by atoms with van der Waals surface area (Å²) >= 11 is 0. The molecule has 0 bridgehead atoms. The van der Waals surface area contributed by atoms with Gasteiger partial charge in [-0.3, -0.25) is 0 Å². The minimum absolute atomic E-state index is 0.101. The summed E-state index contributed by atoms with van der Waals surface area (Å²) in [6.45, 7) is 1.87. The van der Waals surface area contributed by atoms with E-state index >= 15 is 0 Å². The molecule has 0 aromatic heterocycles. The molecule has 1 heterocycles. The Hall–Kier alpha value is -0.930. The van der Waals surface area contributed by atoms with Gasteiger partial charge in [-0.15, -0.1) is 0 Å². The Balaban J connectivity index is 2.05. The highest BCUT2D eigenvalue weighted by Crippen LogP contribution is 2.21. The second kappa shape index (κ2) is 5.41. The van der Waals surface area contributed by atoms with Gasteiger partial charge in [0.25, 0.3) is 0 Å². The first-order chi connectivity index (χ1) is 7.81. The van der Waals surface area contributed by atoms with E-state index in [4.69, 9.17) is 4.74 Å². The van der Waals surface area contributed by atoms with Crippen molar-refractivity contribution in [2.75, 3.05) is 20.2 Å². The van der Waals surface area contributed by atoms with Crippen LogP contribution in [0, 0.1) is 11.7 Å². The number of halogens is 1. The van der Waals surface area contributed by atoms with Crippen molar-refractivity contribution in [1.29, 1.82) is 0 Å². The molecule has 0 unspecified atom stereocenters. The number of hydrogen-bond acceptors (Lipinski definition) is 2. The molecule has 1 fully saturated rings. The van der Waals surface area contributed by atoms with Crippen LogP contribution in [0.1, 0.15) is 12.0 Å². The Morgan fingerprint density at radius 1 is 1.44 bits per heavy atom. The normalized spacial score (nSPS) is 25.6. The van der Waals surface area contributed by atoms with Gasteiger partial charge < -0.3 is 10.1 Å². The summed E-state index contributed by atoms with van der Waals surface area (Å²) in [4.78, 5) is 0. The third-order valence-electron chi connectivity index (χ3n) is 3.31. The Labute approximate surface area is 95.8 Å². The highest BCUT2D eigenvalue weighted by atomic mass is 19.1. The molecule has 2 atom stereocenters. The van der Waals surface area contributed by atoms with Gasteiger partial charge in [-0.05, 0) is 36.9 Å². The van der Waals surface area contributed by atoms with Gasteiger partial charge in [-0.2, -0.15) is 0 Å². The fraction of sp³-hybridized carbons (Fsp3) is 0.538. The van der Waals surface area contributed by atoms with Gasteiger partial charge in [0.05, 0.1) is 6.10 Å². The predicted octanol–water partition coefficient (Wildman–Crippen LogP) is 1.99. The van der Waals surface area contributed by atoms with Gasteiger partial charge in [0.15, 0.2) is 0 Å². The predicted molar refractivity (Wildman–Crippen MR) is 61.9 cm³/mol. The van der Waals surface area contributed by atoms with Gasteiger partial charge in [0.2, 0.25) is 0 Å². The molecule has 0 radical (unpaired) electrons. The number of nitrogens with one attached hydrogen (secondary N) is 1. The van der Waals surface area contributed by atoms with E-state index in [0.717, 1.165) is 31.5 Å². The van der Waals surface area contributed by atoms with Crippen molar-refractivity contribution in [3.05, 3.63) is 35.6 Å². The molecule has 3 heteroatoms. The van der Waals surface area contributed by atoms with E-state index in [-0.39, 0.29) is 11.9 Å². The molecule has 1 N–H and O–H groups in total. The van der Waals surface area contributed by atoms with Crippen molar-refractivity contribution in [2.24, 2.45) is 5.92 Å². The lowest BCUT2D eigenvalue weighted by molar-refractivity contribution is 0.0338. The summed E-state index contributed by atoms with van der Waals surface area (Å²) < 4.78 is 19.0. The Kier molecular flexibility index (Phi) is 3.91. The van der Waals surface area contributed by atoms with Crippen LogP contribution in [-0.2, 0) is 11.2 Å². The number of rotatable bonds is 3. The van der Waals surface area contributed by atoms with Crippen molar-refractivity contribution in [2.45, 2.75) is 18.9 Å². The van der Waals surface area contributed by atoms with Crippen LogP contribution in [-0.4, -0.2) is 26.3 Å². The summed E-state index contributed by atoms with van der Waals surface area (Å²) in [5.74, 6) is 0.319. The molecule has 88 valence electrons. The molecule has 0 spiro atoms. The van der Waals surface area contributed by atoms with E-state index in [1.807, 2.05) is 12.1 Å². The fourth-order valence-corrected chi connectivity index (χ4v) is 2.34. The van der Waals surface area contributed by atoms with Crippen LogP contribution >= 0.6 is 0 Å². The minimum atomic E-state index is -0.101. The van der Waals surface area contributed by atoms with E-state index in [1.165, 1.54) is 6.07 Å². The van der Waals surface area contributed by atoms with Crippen LogP contribution in [0.5, 0.6) is 0 Å². The maximum Gasteiger partial charge on any atom is 0.126 e. The molecule has 2 rings (SSSR count). The molecule has 0 amide bonds. The number of hydrogen-bond donors (Lipinski definition) is 1. The van der Waals surface area contributed by atoms with Crippen molar-refractivity contribution in [1.82, 2.24) is 5.32 Å². The molecular formula is C13H18FNO. The van der Waals surface area contributed by atoms with Crippen LogP contribution in [0.2, 0.25) is 0 Å². The molecule has 1 aliphatic heterocycles. The van der Waals surface area contributed by atoms with Crippen LogP contribution < -0.4 is 5.32 Å². The monoisotopic (exact) mass is 223 g/mol. The van der Waals surface area contributed by atoms with Gasteiger partial charge in [0, 0.05) is 13.7 Å². The topological polar surface area (TPSA) is 21.3 Å². The molecule has 0 aliphatic carbocycles. The van der Waals surface area contributed by atoms with Gasteiger partial charge in [-0.25, -0.2) is 4.39 Å². The molecule has 1 aliphatic rings. The highest BCUT2D eigenvalue weighted by Gasteiger charge is 2.25. The zero-order valence-electron chi connectivity index (χ0n) is 9.58. The zero-order valence-corrected chi connectivity index (χ0v) is 9.58. The Morgan fingerprint density at radius 2 is 2.25 bits per heavy atom. The molecular weight excluding hydrogens is 205 g/mol. The van der Waals surface area contributed by atoms with E-state index in [2.05, 4.69) is 5.32 Å². The number of ether oxygens (including phenoxy) is 1. The first-order valence-corrected chi connectivity index (χ1v) is 5.78. The zero-order chi connectivity index (χ0) is 11.4. The van der Waals surface area contributed by atoms with E-state index in [9.17, 15) is 4.39 Å². The lowest BCUT2D eigenvalue weighted by atomic mass is 9.88. The maximum absolute atomic E-state index is 13.5. The minimum Gasteiger partial charge on any atom is -0.380 e. The third kappa shape index (κ3) is 2.60. The van der Waals surface area contributed by atoms with Gasteiger partial charge >= 0.3 is 0 Å². The van der Waals surface area contributed by atoms with Gasteiger partial charge in [-0.1, -0.05) is 18.2 Å². The molecule has 0 saturated carbocycles.